The highest BCUT2D eigenvalue weighted by Crippen LogP contribution is 2.15. The van der Waals surface area contributed by atoms with Crippen molar-refractivity contribution in [2.24, 2.45) is 0 Å². The van der Waals surface area contributed by atoms with Gasteiger partial charge >= 0.3 is 5.97 Å². The lowest BCUT2D eigenvalue weighted by Crippen LogP contribution is -2.35. The SMILES string of the molecule is CCC[C@@H](C)NC(=O)COC(=O)c1ccc2nc(C)c(C)nc2c1. The summed E-state index contributed by atoms with van der Waals surface area (Å²) in [6.45, 7) is 7.45. The second-order valence-electron chi connectivity index (χ2n) is 5.93. The molecule has 1 amide bonds. The largest absolute Gasteiger partial charge is 0.452 e. The second-order valence-corrected chi connectivity index (χ2v) is 5.93. The van der Waals surface area contributed by atoms with Crippen molar-refractivity contribution < 1.29 is 14.3 Å². The zero-order valence-corrected chi connectivity index (χ0v) is 14.5. The Bertz CT molecular complexity index is 759. The fourth-order valence-electron chi connectivity index (χ4n) is 2.39. The molecule has 0 aliphatic rings. The van der Waals surface area contributed by atoms with Gasteiger partial charge in [0.2, 0.25) is 0 Å². The quantitative estimate of drug-likeness (QED) is 0.824. The van der Waals surface area contributed by atoms with Crippen molar-refractivity contribution in [3.05, 3.63) is 35.2 Å². The fourth-order valence-corrected chi connectivity index (χ4v) is 2.39. The number of benzene rings is 1. The van der Waals surface area contributed by atoms with E-state index in [1.807, 2.05) is 20.8 Å². The Balaban J connectivity index is 2.01. The van der Waals surface area contributed by atoms with Crippen LogP contribution in [0.4, 0.5) is 0 Å². The lowest BCUT2D eigenvalue weighted by molar-refractivity contribution is -0.124. The molecule has 1 aromatic heterocycles. The third kappa shape index (κ3) is 4.50. The minimum absolute atomic E-state index is 0.0726. The summed E-state index contributed by atoms with van der Waals surface area (Å²) < 4.78 is 5.07. The maximum Gasteiger partial charge on any atom is 0.338 e. The van der Waals surface area contributed by atoms with Gasteiger partial charge in [0.15, 0.2) is 6.61 Å². The molecule has 1 N–H and O–H groups in total. The van der Waals surface area contributed by atoms with Crippen LogP contribution in [0.15, 0.2) is 18.2 Å². The standard InChI is InChI=1S/C18H23N3O3/c1-5-6-11(2)19-17(22)10-24-18(23)14-7-8-15-16(9-14)21-13(4)12(3)20-15/h7-9,11H,5-6,10H2,1-4H3,(H,19,22)/t11-/m1/s1. The van der Waals surface area contributed by atoms with Crippen molar-refractivity contribution in [3.8, 4) is 0 Å². The molecule has 0 saturated heterocycles. The molecule has 0 saturated carbocycles. The third-order valence-electron chi connectivity index (χ3n) is 3.77. The number of carbonyl (C=O) groups excluding carboxylic acids is 2. The molecular weight excluding hydrogens is 306 g/mol. The van der Waals surface area contributed by atoms with E-state index >= 15 is 0 Å². The summed E-state index contributed by atoms with van der Waals surface area (Å²) in [5.41, 5.74) is 3.39. The molecule has 0 radical (unpaired) electrons. The van der Waals surface area contributed by atoms with Crippen LogP contribution in [-0.2, 0) is 9.53 Å². The Morgan fingerprint density at radius 3 is 2.50 bits per heavy atom. The summed E-state index contributed by atoms with van der Waals surface area (Å²) in [5.74, 6) is -0.841. The van der Waals surface area contributed by atoms with Gasteiger partial charge in [-0.05, 0) is 45.4 Å². The first-order chi connectivity index (χ1) is 11.4. The predicted octanol–water partition coefficient (Wildman–Crippen LogP) is 2.71. The van der Waals surface area contributed by atoms with Crippen LogP contribution in [0.2, 0.25) is 0 Å². The molecule has 1 atom stereocenters. The molecular formula is C18H23N3O3. The Kier molecular flexibility index (Phi) is 5.84. The van der Waals surface area contributed by atoms with Crippen molar-refractivity contribution in [3.63, 3.8) is 0 Å². The highest BCUT2D eigenvalue weighted by atomic mass is 16.5. The minimum Gasteiger partial charge on any atom is -0.452 e. The van der Waals surface area contributed by atoms with Crippen molar-refractivity contribution in [2.75, 3.05) is 6.61 Å². The summed E-state index contributed by atoms with van der Waals surface area (Å²) >= 11 is 0. The van der Waals surface area contributed by atoms with Crippen molar-refractivity contribution >= 4 is 22.9 Å². The molecule has 2 aromatic rings. The average molecular weight is 329 g/mol. The summed E-state index contributed by atoms with van der Waals surface area (Å²) in [4.78, 5) is 32.7. The van der Waals surface area contributed by atoms with Gasteiger partial charge in [0.05, 0.1) is 28.0 Å². The number of hydrogen-bond acceptors (Lipinski definition) is 5. The van der Waals surface area contributed by atoms with Crippen LogP contribution in [0.3, 0.4) is 0 Å². The number of fused-ring (bicyclic) bond motifs is 1. The number of ether oxygens (including phenoxy) is 1. The summed E-state index contributed by atoms with van der Waals surface area (Å²) in [7, 11) is 0. The van der Waals surface area contributed by atoms with E-state index in [1.54, 1.807) is 18.2 Å². The van der Waals surface area contributed by atoms with Crippen molar-refractivity contribution in [2.45, 2.75) is 46.6 Å². The lowest BCUT2D eigenvalue weighted by atomic mass is 10.2. The number of aromatic nitrogens is 2. The molecule has 0 bridgehead atoms. The van der Waals surface area contributed by atoms with Gasteiger partial charge in [-0.15, -0.1) is 0 Å². The molecule has 6 heteroatoms. The number of nitrogens with one attached hydrogen (secondary N) is 1. The van der Waals surface area contributed by atoms with Crippen molar-refractivity contribution in [1.29, 1.82) is 0 Å². The molecule has 6 nitrogen and oxygen atoms in total. The average Bonchev–Trinajstić information content (AvgIpc) is 2.53. The summed E-state index contributed by atoms with van der Waals surface area (Å²) in [6, 6.07) is 5.07. The number of aryl methyl sites for hydroxylation is 2. The van der Waals surface area contributed by atoms with E-state index in [4.69, 9.17) is 4.74 Å². The van der Waals surface area contributed by atoms with Crippen LogP contribution in [0.5, 0.6) is 0 Å². The van der Waals surface area contributed by atoms with Gasteiger partial charge in [-0.3, -0.25) is 4.79 Å². The van der Waals surface area contributed by atoms with Gasteiger partial charge < -0.3 is 10.1 Å². The van der Waals surface area contributed by atoms with Crippen LogP contribution in [0, 0.1) is 13.8 Å². The highest BCUT2D eigenvalue weighted by molar-refractivity contribution is 5.94. The Morgan fingerprint density at radius 2 is 1.83 bits per heavy atom. The van der Waals surface area contributed by atoms with E-state index in [1.165, 1.54) is 0 Å². The first-order valence-corrected chi connectivity index (χ1v) is 8.12. The highest BCUT2D eigenvalue weighted by Gasteiger charge is 2.13. The normalized spacial score (nSPS) is 12.0. The van der Waals surface area contributed by atoms with Crippen LogP contribution >= 0.6 is 0 Å². The molecule has 0 aliphatic carbocycles. The third-order valence-corrected chi connectivity index (χ3v) is 3.77. The molecule has 1 heterocycles. The number of hydrogen-bond donors (Lipinski definition) is 1. The van der Waals surface area contributed by atoms with Crippen molar-refractivity contribution in [1.82, 2.24) is 15.3 Å². The smallest absolute Gasteiger partial charge is 0.338 e. The van der Waals surface area contributed by atoms with Gasteiger partial charge in [0, 0.05) is 6.04 Å². The summed E-state index contributed by atoms with van der Waals surface area (Å²) in [5, 5.41) is 2.79. The topological polar surface area (TPSA) is 81.2 Å². The molecule has 0 aliphatic heterocycles. The molecule has 0 fully saturated rings. The first kappa shape index (κ1) is 17.8. The predicted molar refractivity (Wildman–Crippen MR) is 91.8 cm³/mol. The number of carbonyl (C=O) groups is 2. The lowest BCUT2D eigenvalue weighted by Gasteiger charge is -2.12. The Hall–Kier alpha value is -2.50. The van der Waals surface area contributed by atoms with Crippen LogP contribution in [0.25, 0.3) is 11.0 Å². The van der Waals surface area contributed by atoms with Gasteiger partial charge in [-0.1, -0.05) is 13.3 Å². The van der Waals surface area contributed by atoms with Gasteiger partial charge in [-0.25, -0.2) is 14.8 Å². The van der Waals surface area contributed by atoms with Crippen LogP contribution in [0.1, 0.15) is 48.4 Å². The zero-order chi connectivity index (χ0) is 17.7. The van der Waals surface area contributed by atoms with E-state index in [2.05, 4.69) is 22.2 Å². The van der Waals surface area contributed by atoms with Gasteiger partial charge in [0.1, 0.15) is 0 Å². The second kappa shape index (κ2) is 7.86. The van der Waals surface area contributed by atoms with E-state index in [0.29, 0.717) is 11.1 Å². The van der Waals surface area contributed by atoms with Gasteiger partial charge in [0.25, 0.3) is 5.91 Å². The van der Waals surface area contributed by atoms with Gasteiger partial charge in [-0.2, -0.15) is 0 Å². The molecule has 24 heavy (non-hydrogen) atoms. The zero-order valence-electron chi connectivity index (χ0n) is 14.5. The fraction of sp³-hybridized carbons (Fsp3) is 0.444. The monoisotopic (exact) mass is 329 g/mol. The first-order valence-electron chi connectivity index (χ1n) is 8.12. The molecule has 0 spiro atoms. The number of rotatable bonds is 6. The Labute approximate surface area is 141 Å². The summed E-state index contributed by atoms with van der Waals surface area (Å²) in [6.07, 6.45) is 1.88. The number of amides is 1. The maximum absolute atomic E-state index is 12.1. The van der Waals surface area contributed by atoms with E-state index in [0.717, 1.165) is 29.7 Å². The molecule has 1 aromatic carbocycles. The van der Waals surface area contributed by atoms with Crippen LogP contribution < -0.4 is 5.32 Å². The van der Waals surface area contributed by atoms with E-state index in [9.17, 15) is 9.59 Å². The minimum atomic E-state index is -0.546. The molecule has 128 valence electrons. The molecule has 0 unspecified atom stereocenters. The van der Waals surface area contributed by atoms with Crippen LogP contribution in [-0.4, -0.2) is 34.5 Å². The number of nitrogens with zero attached hydrogens (tertiary/aromatic N) is 2. The maximum atomic E-state index is 12.1. The molecule has 2 rings (SSSR count). The number of esters is 1. The van der Waals surface area contributed by atoms with E-state index < -0.39 is 5.97 Å². The van der Waals surface area contributed by atoms with E-state index in [-0.39, 0.29) is 18.6 Å². The Morgan fingerprint density at radius 1 is 1.17 bits per heavy atom.